The van der Waals surface area contributed by atoms with Crippen molar-refractivity contribution in [1.82, 2.24) is 9.88 Å². The van der Waals surface area contributed by atoms with E-state index >= 15 is 0 Å². The largest absolute Gasteiger partial charge is 0.493 e. The molecule has 28 heavy (non-hydrogen) atoms. The van der Waals surface area contributed by atoms with E-state index in [2.05, 4.69) is 22.0 Å². The van der Waals surface area contributed by atoms with Crippen LogP contribution in [0.3, 0.4) is 0 Å². The van der Waals surface area contributed by atoms with Gasteiger partial charge in [-0.15, -0.1) is 11.3 Å². The number of hydrogen-bond donors (Lipinski definition) is 0. The molecule has 2 fully saturated rings. The second-order valence-electron chi connectivity index (χ2n) is 7.37. The van der Waals surface area contributed by atoms with Crippen LogP contribution in [0.5, 0.6) is 11.5 Å². The number of amides is 1. The molecule has 1 saturated heterocycles. The normalized spacial score (nSPS) is 17.8. The average molecular weight is 402 g/mol. The Kier molecular flexibility index (Phi) is 6.00. The predicted molar refractivity (Wildman–Crippen MR) is 110 cm³/mol. The number of thiazole rings is 1. The fraction of sp³-hybridized carbons (Fsp3) is 0.524. The molecule has 1 aromatic heterocycles. The molecule has 4 rings (SSSR count). The Bertz CT molecular complexity index is 782. The minimum Gasteiger partial charge on any atom is -0.493 e. The van der Waals surface area contributed by atoms with E-state index in [-0.39, 0.29) is 5.91 Å². The number of rotatable bonds is 6. The maximum atomic E-state index is 12.5. The van der Waals surface area contributed by atoms with Gasteiger partial charge in [0.25, 0.3) is 0 Å². The van der Waals surface area contributed by atoms with Gasteiger partial charge in [-0.25, -0.2) is 0 Å². The Balaban J connectivity index is 1.37. The van der Waals surface area contributed by atoms with Crippen LogP contribution >= 0.6 is 11.3 Å². The van der Waals surface area contributed by atoms with E-state index in [9.17, 15) is 4.79 Å². The van der Waals surface area contributed by atoms with Crippen LogP contribution in [-0.2, 0) is 11.2 Å². The van der Waals surface area contributed by atoms with Gasteiger partial charge in [0.2, 0.25) is 5.91 Å². The lowest BCUT2D eigenvalue weighted by Gasteiger charge is -2.36. The number of anilines is 1. The third-order valence-corrected chi connectivity index (χ3v) is 6.33. The first-order valence-electron chi connectivity index (χ1n) is 9.97. The van der Waals surface area contributed by atoms with Gasteiger partial charge < -0.3 is 19.3 Å². The smallest absolute Gasteiger partial charge is 0.228 e. The molecular formula is C21H27N3O3S. The summed E-state index contributed by atoms with van der Waals surface area (Å²) in [4.78, 5) is 21.8. The molecule has 0 spiro atoms. The minimum absolute atomic E-state index is 0.184. The van der Waals surface area contributed by atoms with Crippen molar-refractivity contribution in [3.05, 3.63) is 34.8 Å². The van der Waals surface area contributed by atoms with Gasteiger partial charge in [-0.05, 0) is 37.8 Å². The molecule has 6 nitrogen and oxygen atoms in total. The van der Waals surface area contributed by atoms with Crippen LogP contribution in [0.25, 0.3) is 0 Å². The van der Waals surface area contributed by atoms with E-state index in [0.717, 1.165) is 61.1 Å². The maximum absolute atomic E-state index is 12.5. The number of carbonyl (C=O) groups excluding carboxylic acids is 1. The molecule has 0 radical (unpaired) electrons. The molecular weight excluding hydrogens is 374 g/mol. The first-order chi connectivity index (χ1) is 13.7. The van der Waals surface area contributed by atoms with Crippen molar-refractivity contribution in [1.29, 1.82) is 0 Å². The van der Waals surface area contributed by atoms with Gasteiger partial charge in [0, 0.05) is 49.0 Å². The fourth-order valence-corrected chi connectivity index (χ4v) is 4.53. The molecule has 1 aromatic carbocycles. The van der Waals surface area contributed by atoms with Crippen molar-refractivity contribution in [3.8, 4) is 11.5 Å². The van der Waals surface area contributed by atoms with Crippen LogP contribution in [0.4, 0.5) is 5.69 Å². The number of hydrogen-bond acceptors (Lipinski definition) is 6. The van der Waals surface area contributed by atoms with Crippen LogP contribution in [0.1, 0.15) is 30.6 Å². The molecule has 0 unspecified atom stereocenters. The Labute approximate surface area is 170 Å². The summed E-state index contributed by atoms with van der Waals surface area (Å²) in [6.07, 6.45) is 7.25. The standard InChI is InChI=1S/C21H27N3O3S/c1-26-19-7-6-16(12-20(19)27-17-4-2-3-5-17)23-8-10-24(11-9-23)21(25)13-18-14-22-15-28-18/h6-7,12,14-15,17H,2-5,8-11,13H2,1H3. The average Bonchev–Trinajstić information content (AvgIpc) is 3.42. The molecule has 2 aromatic rings. The molecule has 0 N–H and O–H groups in total. The van der Waals surface area contributed by atoms with Gasteiger partial charge in [-0.3, -0.25) is 9.78 Å². The number of methoxy groups -OCH3 is 1. The first-order valence-corrected chi connectivity index (χ1v) is 10.9. The van der Waals surface area contributed by atoms with E-state index in [1.54, 1.807) is 18.8 Å². The monoisotopic (exact) mass is 401 g/mol. The van der Waals surface area contributed by atoms with Crippen molar-refractivity contribution >= 4 is 22.9 Å². The Morgan fingerprint density at radius 3 is 2.64 bits per heavy atom. The van der Waals surface area contributed by atoms with Crippen LogP contribution in [0.15, 0.2) is 29.9 Å². The quantitative estimate of drug-likeness (QED) is 0.743. The molecule has 2 aliphatic rings. The van der Waals surface area contributed by atoms with Gasteiger partial charge in [0.1, 0.15) is 0 Å². The first kappa shape index (κ1) is 19.1. The summed E-state index contributed by atoms with van der Waals surface area (Å²) < 4.78 is 11.7. The highest BCUT2D eigenvalue weighted by atomic mass is 32.1. The second kappa shape index (κ2) is 8.82. The number of benzene rings is 1. The van der Waals surface area contributed by atoms with E-state index in [0.29, 0.717) is 12.5 Å². The fourth-order valence-electron chi connectivity index (χ4n) is 3.94. The summed E-state index contributed by atoms with van der Waals surface area (Å²) in [6.45, 7) is 3.12. The summed E-state index contributed by atoms with van der Waals surface area (Å²) in [5.41, 5.74) is 2.90. The van der Waals surface area contributed by atoms with Crippen molar-refractivity contribution in [2.75, 3.05) is 38.2 Å². The molecule has 1 amide bonds. The highest BCUT2D eigenvalue weighted by Crippen LogP contribution is 2.35. The lowest BCUT2D eigenvalue weighted by molar-refractivity contribution is -0.130. The Morgan fingerprint density at radius 1 is 1.18 bits per heavy atom. The molecule has 1 aliphatic carbocycles. The Morgan fingerprint density at radius 2 is 1.96 bits per heavy atom. The second-order valence-corrected chi connectivity index (χ2v) is 8.34. The number of ether oxygens (including phenoxy) is 2. The van der Waals surface area contributed by atoms with Gasteiger partial charge in [0.05, 0.1) is 25.1 Å². The molecule has 2 heterocycles. The zero-order valence-corrected chi connectivity index (χ0v) is 17.1. The van der Waals surface area contributed by atoms with Crippen molar-refractivity contribution in [3.63, 3.8) is 0 Å². The summed E-state index contributed by atoms with van der Waals surface area (Å²) in [6, 6.07) is 6.15. The zero-order valence-electron chi connectivity index (χ0n) is 16.3. The van der Waals surface area contributed by atoms with Crippen molar-refractivity contribution in [2.45, 2.75) is 38.2 Å². The molecule has 0 bridgehead atoms. The summed E-state index contributed by atoms with van der Waals surface area (Å²) in [5, 5.41) is 0. The SMILES string of the molecule is COc1ccc(N2CCN(C(=O)Cc3cncs3)CC2)cc1OC1CCCC1. The van der Waals surface area contributed by atoms with Crippen LogP contribution < -0.4 is 14.4 Å². The van der Waals surface area contributed by atoms with E-state index in [4.69, 9.17) is 9.47 Å². The van der Waals surface area contributed by atoms with Crippen LogP contribution in [0.2, 0.25) is 0 Å². The molecule has 7 heteroatoms. The summed E-state index contributed by atoms with van der Waals surface area (Å²) in [7, 11) is 1.68. The van der Waals surface area contributed by atoms with Gasteiger partial charge in [-0.1, -0.05) is 0 Å². The highest BCUT2D eigenvalue weighted by Gasteiger charge is 2.23. The van der Waals surface area contributed by atoms with Gasteiger partial charge >= 0.3 is 0 Å². The van der Waals surface area contributed by atoms with Gasteiger partial charge in [0.15, 0.2) is 11.5 Å². The van der Waals surface area contributed by atoms with E-state index < -0.39 is 0 Å². The van der Waals surface area contributed by atoms with Crippen molar-refractivity contribution < 1.29 is 14.3 Å². The third kappa shape index (κ3) is 4.41. The molecule has 150 valence electrons. The lowest BCUT2D eigenvalue weighted by Crippen LogP contribution is -2.49. The number of carbonyl (C=O) groups is 1. The number of nitrogens with zero attached hydrogens (tertiary/aromatic N) is 3. The third-order valence-electron chi connectivity index (χ3n) is 5.55. The van der Waals surface area contributed by atoms with Gasteiger partial charge in [-0.2, -0.15) is 0 Å². The zero-order chi connectivity index (χ0) is 19.3. The number of piperazine rings is 1. The molecule has 1 saturated carbocycles. The summed E-state index contributed by atoms with van der Waals surface area (Å²) >= 11 is 1.54. The topological polar surface area (TPSA) is 54.9 Å². The predicted octanol–water partition coefficient (Wildman–Crippen LogP) is 3.36. The van der Waals surface area contributed by atoms with E-state index in [1.807, 2.05) is 11.0 Å². The molecule has 1 aliphatic heterocycles. The lowest BCUT2D eigenvalue weighted by atomic mass is 10.2. The maximum Gasteiger partial charge on any atom is 0.228 e. The summed E-state index contributed by atoms with van der Waals surface area (Å²) in [5.74, 6) is 1.80. The Hall–Kier alpha value is -2.28. The molecule has 0 atom stereocenters. The minimum atomic E-state index is 0.184. The van der Waals surface area contributed by atoms with Crippen LogP contribution in [0, 0.1) is 0 Å². The highest BCUT2D eigenvalue weighted by molar-refractivity contribution is 7.09. The van der Waals surface area contributed by atoms with Crippen LogP contribution in [-0.4, -0.2) is 55.2 Å². The van der Waals surface area contributed by atoms with Crippen molar-refractivity contribution in [2.24, 2.45) is 0 Å². The number of aromatic nitrogens is 1. The van der Waals surface area contributed by atoms with E-state index in [1.165, 1.54) is 24.2 Å².